The minimum absolute atomic E-state index is 0.0296. The normalized spacial score (nSPS) is 14.9. The van der Waals surface area contributed by atoms with Gasteiger partial charge in [-0.1, -0.05) is 18.2 Å². The van der Waals surface area contributed by atoms with Gasteiger partial charge in [0.1, 0.15) is 5.82 Å². The largest absolute Gasteiger partial charge is 0.478 e. The highest BCUT2D eigenvalue weighted by molar-refractivity contribution is 5.78. The lowest BCUT2D eigenvalue weighted by Gasteiger charge is -2.31. The molecule has 2 heterocycles. The van der Waals surface area contributed by atoms with Crippen LogP contribution in [0, 0.1) is 18.7 Å². The molecule has 1 aromatic heterocycles. The van der Waals surface area contributed by atoms with E-state index in [1.54, 1.807) is 18.2 Å². The predicted octanol–water partition coefficient (Wildman–Crippen LogP) is 2.86. The highest BCUT2D eigenvalue weighted by Crippen LogP contribution is 2.23. The summed E-state index contributed by atoms with van der Waals surface area (Å²) in [6, 6.07) is 8.31. The van der Waals surface area contributed by atoms with Crippen LogP contribution in [0.3, 0.4) is 0 Å². The summed E-state index contributed by atoms with van der Waals surface area (Å²) in [6.07, 6.45) is 1.43. The highest BCUT2D eigenvalue weighted by atomic mass is 19.1. The second kappa shape index (κ2) is 8.79. The van der Waals surface area contributed by atoms with Crippen molar-refractivity contribution >= 4 is 11.9 Å². The van der Waals surface area contributed by atoms with Crippen LogP contribution < -0.4 is 15.0 Å². The molecular formula is C20H25FN4O2. The molecule has 0 saturated carbocycles. The first-order valence-electron chi connectivity index (χ1n) is 9.31. The first-order valence-corrected chi connectivity index (χ1v) is 9.31. The van der Waals surface area contributed by atoms with E-state index in [1.165, 1.54) is 6.07 Å². The number of amides is 1. The van der Waals surface area contributed by atoms with E-state index in [1.807, 2.05) is 19.9 Å². The topological polar surface area (TPSA) is 67.3 Å². The SMILES string of the molecule is CCOc1cc(C)nc(N2CCC(C(=O)NCc3ccccc3F)CC2)n1. The van der Waals surface area contributed by atoms with Crippen LogP contribution in [-0.2, 0) is 11.3 Å². The Kier molecular flexibility index (Phi) is 6.21. The standard InChI is InChI=1S/C20H25FN4O2/c1-3-27-18-12-14(2)23-20(24-18)25-10-8-15(9-11-25)19(26)22-13-16-6-4-5-7-17(16)21/h4-7,12,15H,3,8-11,13H2,1-2H3,(H,22,26). The minimum atomic E-state index is -0.297. The van der Waals surface area contributed by atoms with Crippen molar-refractivity contribution in [3.05, 3.63) is 47.4 Å². The van der Waals surface area contributed by atoms with Crippen molar-refractivity contribution in [2.75, 3.05) is 24.6 Å². The monoisotopic (exact) mass is 372 g/mol. The molecule has 0 aliphatic carbocycles. The molecule has 1 aliphatic heterocycles. The first kappa shape index (κ1) is 19.1. The molecule has 1 aliphatic rings. The summed E-state index contributed by atoms with van der Waals surface area (Å²) in [5.74, 6) is 0.810. The van der Waals surface area contributed by atoms with Gasteiger partial charge in [0.25, 0.3) is 0 Å². The summed E-state index contributed by atoms with van der Waals surface area (Å²) < 4.78 is 19.1. The number of benzene rings is 1. The lowest BCUT2D eigenvalue weighted by atomic mass is 9.96. The van der Waals surface area contributed by atoms with Crippen LogP contribution in [0.15, 0.2) is 30.3 Å². The number of anilines is 1. The van der Waals surface area contributed by atoms with E-state index >= 15 is 0 Å². The molecule has 0 atom stereocenters. The fourth-order valence-corrected chi connectivity index (χ4v) is 3.20. The molecule has 1 N–H and O–H groups in total. The summed E-state index contributed by atoms with van der Waals surface area (Å²) in [5, 5.41) is 2.85. The van der Waals surface area contributed by atoms with Gasteiger partial charge in [0.2, 0.25) is 17.7 Å². The Balaban J connectivity index is 1.54. The lowest BCUT2D eigenvalue weighted by molar-refractivity contribution is -0.125. The highest BCUT2D eigenvalue weighted by Gasteiger charge is 2.26. The van der Waals surface area contributed by atoms with Crippen molar-refractivity contribution in [1.82, 2.24) is 15.3 Å². The fourth-order valence-electron chi connectivity index (χ4n) is 3.20. The van der Waals surface area contributed by atoms with Gasteiger partial charge in [0.15, 0.2) is 0 Å². The number of aromatic nitrogens is 2. The number of carbonyl (C=O) groups is 1. The van der Waals surface area contributed by atoms with E-state index in [-0.39, 0.29) is 24.2 Å². The van der Waals surface area contributed by atoms with Gasteiger partial charge >= 0.3 is 0 Å². The molecule has 7 heteroatoms. The molecule has 1 amide bonds. The number of rotatable bonds is 6. The molecule has 144 valence electrons. The molecule has 6 nitrogen and oxygen atoms in total. The third kappa shape index (κ3) is 4.93. The maximum Gasteiger partial charge on any atom is 0.228 e. The Hall–Kier alpha value is -2.70. The van der Waals surface area contributed by atoms with Gasteiger partial charge < -0.3 is 15.0 Å². The van der Waals surface area contributed by atoms with Crippen molar-refractivity contribution in [3.63, 3.8) is 0 Å². The summed E-state index contributed by atoms with van der Waals surface area (Å²) >= 11 is 0. The van der Waals surface area contributed by atoms with E-state index in [2.05, 4.69) is 20.2 Å². The minimum Gasteiger partial charge on any atom is -0.478 e. The number of carbonyl (C=O) groups excluding carboxylic acids is 1. The van der Waals surface area contributed by atoms with E-state index < -0.39 is 0 Å². The Bertz CT molecular complexity index is 791. The summed E-state index contributed by atoms with van der Waals surface area (Å²) in [6.45, 7) is 6.00. The second-order valence-corrected chi connectivity index (χ2v) is 6.65. The molecule has 0 unspecified atom stereocenters. The second-order valence-electron chi connectivity index (χ2n) is 6.65. The predicted molar refractivity (Wildman–Crippen MR) is 101 cm³/mol. The average molecular weight is 372 g/mol. The van der Waals surface area contributed by atoms with Crippen molar-refractivity contribution in [1.29, 1.82) is 0 Å². The molecule has 1 aromatic carbocycles. The van der Waals surface area contributed by atoms with Crippen LogP contribution in [0.25, 0.3) is 0 Å². The Labute approximate surface area is 158 Å². The Morgan fingerprint density at radius 3 is 2.74 bits per heavy atom. The Morgan fingerprint density at radius 2 is 2.04 bits per heavy atom. The van der Waals surface area contributed by atoms with Crippen LogP contribution >= 0.6 is 0 Å². The molecule has 1 saturated heterocycles. The zero-order chi connectivity index (χ0) is 19.2. The van der Waals surface area contributed by atoms with E-state index in [0.29, 0.717) is 49.9 Å². The lowest BCUT2D eigenvalue weighted by Crippen LogP contribution is -2.41. The molecule has 1 fully saturated rings. The summed E-state index contributed by atoms with van der Waals surface area (Å²) in [5.41, 5.74) is 1.35. The fraction of sp³-hybridized carbons (Fsp3) is 0.450. The molecular weight excluding hydrogens is 347 g/mol. The number of piperidine rings is 1. The van der Waals surface area contributed by atoms with Crippen molar-refractivity contribution < 1.29 is 13.9 Å². The van der Waals surface area contributed by atoms with Crippen LogP contribution in [-0.4, -0.2) is 35.6 Å². The molecule has 0 radical (unpaired) electrons. The number of hydrogen-bond donors (Lipinski definition) is 1. The zero-order valence-electron chi connectivity index (χ0n) is 15.7. The van der Waals surface area contributed by atoms with Gasteiger partial charge in [0.05, 0.1) is 6.61 Å². The van der Waals surface area contributed by atoms with Gasteiger partial charge in [0, 0.05) is 42.9 Å². The quantitative estimate of drug-likeness (QED) is 0.845. The molecule has 27 heavy (non-hydrogen) atoms. The van der Waals surface area contributed by atoms with E-state index in [0.717, 1.165) is 5.69 Å². The number of nitrogens with zero attached hydrogens (tertiary/aromatic N) is 3. The van der Waals surface area contributed by atoms with E-state index in [4.69, 9.17) is 4.74 Å². The zero-order valence-corrected chi connectivity index (χ0v) is 15.7. The van der Waals surface area contributed by atoms with Crippen LogP contribution in [0.1, 0.15) is 31.0 Å². The summed E-state index contributed by atoms with van der Waals surface area (Å²) in [7, 11) is 0. The number of aryl methyl sites for hydroxylation is 1. The smallest absolute Gasteiger partial charge is 0.228 e. The third-order valence-corrected chi connectivity index (χ3v) is 4.67. The number of hydrogen-bond acceptors (Lipinski definition) is 5. The Morgan fingerprint density at radius 1 is 1.30 bits per heavy atom. The van der Waals surface area contributed by atoms with Crippen LogP contribution in [0.2, 0.25) is 0 Å². The van der Waals surface area contributed by atoms with Gasteiger partial charge in [-0.25, -0.2) is 9.37 Å². The van der Waals surface area contributed by atoms with Crippen LogP contribution in [0.4, 0.5) is 10.3 Å². The van der Waals surface area contributed by atoms with Gasteiger partial charge in [-0.2, -0.15) is 4.98 Å². The molecule has 2 aromatic rings. The van der Waals surface area contributed by atoms with Gasteiger partial charge in [-0.05, 0) is 32.8 Å². The van der Waals surface area contributed by atoms with E-state index in [9.17, 15) is 9.18 Å². The van der Waals surface area contributed by atoms with Crippen LogP contribution in [0.5, 0.6) is 5.88 Å². The molecule has 0 bridgehead atoms. The maximum atomic E-state index is 13.7. The van der Waals surface area contributed by atoms with Gasteiger partial charge in [-0.3, -0.25) is 4.79 Å². The number of ether oxygens (including phenoxy) is 1. The van der Waals surface area contributed by atoms with Crippen molar-refractivity contribution in [3.8, 4) is 5.88 Å². The van der Waals surface area contributed by atoms with Crippen molar-refractivity contribution in [2.24, 2.45) is 5.92 Å². The van der Waals surface area contributed by atoms with Crippen molar-refractivity contribution in [2.45, 2.75) is 33.2 Å². The first-order chi connectivity index (χ1) is 13.1. The third-order valence-electron chi connectivity index (χ3n) is 4.67. The van der Waals surface area contributed by atoms with Gasteiger partial charge in [-0.15, -0.1) is 0 Å². The number of nitrogens with one attached hydrogen (secondary N) is 1. The molecule has 3 rings (SSSR count). The maximum absolute atomic E-state index is 13.7. The average Bonchev–Trinajstić information content (AvgIpc) is 2.67. The number of halogens is 1. The summed E-state index contributed by atoms with van der Waals surface area (Å²) in [4.78, 5) is 23.4. The molecule has 0 spiro atoms.